The van der Waals surface area contributed by atoms with E-state index in [1.54, 1.807) is 0 Å². The fourth-order valence-electron chi connectivity index (χ4n) is 3.37. The van der Waals surface area contributed by atoms with Gasteiger partial charge in [-0.15, -0.1) is 11.3 Å². The summed E-state index contributed by atoms with van der Waals surface area (Å²) >= 11 is 5.25. The molecule has 0 saturated carbocycles. The highest BCUT2D eigenvalue weighted by Crippen LogP contribution is 2.30. The van der Waals surface area contributed by atoms with Crippen LogP contribution in [0.4, 0.5) is 5.82 Å². The van der Waals surface area contributed by atoms with E-state index in [9.17, 15) is 4.79 Å². The molecular weight excluding hydrogens is 374 g/mol. The number of pyridine rings is 1. The van der Waals surface area contributed by atoms with E-state index in [0.717, 1.165) is 48.5 Å². The first-order chi connectivity index (χ1) is 11.1. The first-order valence-corrected chi connectivity index (χ1v) is 9.50. The van der Waals surface area contributed by atoms with Crippen LogP contribution < -0.4 is 4.90 Å². The Hall–Kier alpha value is -1.40. The maximum absolute atomic E-state index is 12.7. The van der Waals surface area contributed by atoms with Crippen molar-refractivity contribution in [3.63, 3.8) is 0 Å². The molecule has 0 unspecified atom stereocenters. The van der Waals surface area contributed by atoms with Gasteiger partial charge < -0.3 is 9.80 Å². The molecule has 1 fully saturated rings. The molecule has 120 valence electrons. The number of nitrogens with zero attached hydrogens (tertiary/aromatic N) is 3. The van der Waals surface area contributed by atoms with Crippen LogP contribution in [0.25, 0.3) is 0 Å². The number of halogens is 1. The van der Waals surface area contributed by atoms with Crippen molar-refractivity contribution in [2.45, 2.75) is 19.9 Å². The molecule has 2 aliphatic rings. The smallest absolute Gasteiger partial charge is 0.229 e. The van der Waals surface area contributed by atoms with Crippen molar-refractivity contribution in [1.29, 1.82) is 0 Å². The lowest BCUT2D eigenvalue weighted by molar-refractivity contribution is -0.137. The summed E-state index contributed by atoms with van der Waals surface area (Å²) in [4.78, 5) is 22.9. The largest absolute Gasteiger partial charge is 0.355 e. The van der Waals surface area contributed by atoms with E-state index in [4.69, 9.17) is 0 Å². The predicted octanol–water partition coefficient (Wildman–Crippen LogP) is 3.24. The zero-order valence-corrected chi connectivity index (χ0v) is 15.4. The molecule has 2 aliphatic heterocycles. The Kier molecular flexibility index (Phi) is 3.89. The topological polar surface area (TPSA) is 36.4 Å². The van der Waals surface area contributed by atoms with Crippen LogP contribution in [0.1, 0.15) is 16.0 Å². The van der Waals surface area contributed by atoms with Crippen molar-refractivity contribution in [2.24, 2.45) is 5.92 Å². The molecule has 1 amide bonds. The number of anilines is 1. The van der Waals surface area contributed by atoms with Crippen molar-refractivity contribution < 1.29 is 4.79 Å². The molecule has 0 atom stereocenters. The molecule has 0 aliphatic carbocycles. The number of amides is 1. The molecule has 0 aromatic carbocycles. The number of thiophene rings is 1. The number of rotatable bonds is 2. The lowest BCUT2D eigenvalue weighted by atomic mass is 9.96. The standard InChI is InChI=1S/C17H18BrN3OS/c1-11-6-14(18)7-19-16(11)21-9-13(10-21)17(22)20-4-2-15-12(8-20)3-5-23-15/h3,5-7,13H,2,4,8-10H2,1H3. The van der Waals surface area contributed by atoms with E-state index in [1.165, 1.54) is 10.4 Å². The summed E-state index contributed by atoms with van der Waals surface area (Å²) in [6.07, 6.45) is 2.82. The number of carbonyl (C=O) groups is 1. The van der Waals surface area contributed by atoms with E-state index in [1.807, 2.05) is 22.4 Å². The van der Waals surface area contributed by atoms with E-state index >= 15 is 0 Å². The molecule has 1 saturated heterocycles. The number of hydrogen-bond donors (Lipinski definition) is 0. The third-order valence-corrected chi connectivity index (χ3v) is 6.12. The summed E-state index contributed by atoms with van der Waals surface area (Å²) < 4.78 is 0.992. The van der Waals surface area contributed by atoms with Crippen molar-refractivity contribution in [3.05, 3.63) is 44.2 Å². The molecule has 23 heavy (non-hydrogen) atoms. The molecule has 4 heterocycles. The van der Waals surface area contributed by atoms with Crippen LogP contribution in [0, 0.1) is 12.8 Å². The number of aryl methyl sites for hydroxylation is 1. The van der Waals surface area contributed by atoms with E-state index in [0.29, 0.717) is 5.91 Å². The SMILES string of the molecule is Cc1cc(Br)cnc1N1CC(C(=O)N2CCc3sccc3C2)C1. The van der Waals surface area contributed by atoms with Crippen LogP contribution in [-0.2, 0) is 17.8 Å². The molecule has 4 nitrogen and oxygen atoms in total. The fraction of sp³-hybridized carbons (Fsp3) is 0.412. The molecule has 2 aromatic heterocycles. The molecule has 6 heteroatoms. The number of hydrogen-bond acceptors (Lipinski definition) is 4. The van der Waals surface area contributed by atoms with E-state index in [2.05, 4.69) is 50.3 Å². The minimum atomic E-state index is 0.111. The van der Waals surface area contributed by atoms with Gasteiger partial charge in [0.2, 0.25) is 5.91 Å². The molecule has 4 rings (SSSR count). The van der Waals surface area contributed by atoms with Crippen LogP contribution in [-0.4, -0.2) is 35.4 Å². The summed E-state index contributed by atoms with van der Waals surface area (Å²) in [5.41, 5.74) is 2.47. The lowest BCUT2D eigenvalue weighted by Crippen LogP contribution is -2.55. The summed E-state index contributed by atoms with van der Waals surface area (Å²) in [5.74, 6) is 1.41. The van der Waals surface area contributed by atoms with Crippen LogP contribution in [0.5, 0.6) is 0 Å². The van der Waals surface area contributed by atoms with Gasteiger partial charge in [0.25, 0.3) is 0 Å². The Balaban J connectivity index is 1.39. The molecule has 2 aromatic rings. The minimum absolute atomic E-state index is 0.111. The second-order valence-electron chi connectivity index (χ2n) is 6.27. The lowest BCUT2D eigenvalue weighted by Gasteiger charge is -2.42. The maximum Gasteiger partial charge on any atom is 0.229 e. The number of fused-ring (bicyclic) bond motifs is 1. The summed E-state index contributed by atoms with van der Waals surface area (Å²) in [7, 11) is 0. The van der Waals surface area contributed by atoms with Gasteiger partial charge in [-0.25, -0.2) is 4.98 Å². The van der Waals surface area contributed by atoms with Crippen LogP contribution in [0.2, 0.25) is 0 Å². The molecule has 0 bridgehead atoms. The summed E-state index contributed by atoms with van der Waals surface area (Å²) in [6, 6.07) is 4.22. The Morgan fingerprint density at radius 1 is 1.43 bits per heavy atom. The van der Waals surface area contributed by atoms with E-state index in [-0.39, 0.29) is 5.92 Å². The zero-order valence-electron chi connectivity index (χ0n) is 13.0. The van der Waals surface area contributed by atoms with Crippen molar-refractivity contribution >= 4 is 39.0 Å². The average molecular weight is 392 g/mol. The van der Waals surface area contributed by atoms with Gasteiger partial charge in [-0.05, 0) is 57.9 Å². The highest BCUT2D eigenvalue weighted by atomic mass is 79.9. The van der Waals surface area contributed by atoms with Gasteiger partial charge in [-0.2, -0.15) is 0 Å². The van der Waals surface area contributed by atoms with Crippen LogP contribution in [0.15, 0.2) is 28.2 Å². The Bertz CT molecular complexity index is 754. The van der Waals surface area contributed by atoms with E-state index < -0.39 is 0 Å². The molecule has 0 radical (unpaired) electrons. The molecular formula is C17H18BrN3OS. The predicted molar refractivity (Wildman–Crippen MR) is 95.8 cm³/mol. The monoisotopic (exact) mass is 391 g/mol. The quantitative estimate of drug-likeness (QED) is 0.788. The van der Waals surface area contributed by atoms with Gasteiger partial charge in [0.1, 0.15) is 5.82 Å². The third kappa shape index (κ3) is 2.78. The second-order valence-corrected chi connectivity index (χ2v) is 8.19. The normalized spacial score (nSPS) is 17.8. The first kappa shape index (κ1) is 15.1. The third-order valence-electron chi connectivity index (χ3n) is 4.67. The van der Waals surface area contributed by atoms with Crippen molar-refractivity contribution in [3.8, 4) is 0 Å². The zero-order chi connectivity index (χ0) is 16.0. The highest BCUT2D eigenvalue weighted by molar-refractivity contribution is 9.10. The number of carbonyl (C=O) groups excluding carboxylic acids is 1. The Morgan fingerprint density at radius 2 is 2.26 bits per heavy atom. The maximum atomic E-state index is 12.7. The van der Waals surface area contributed by atoms with Gasteiger partial charge in [0, 0.05) is 41.7 Å². The van der Waals surface area contributed by atoms with Gasteiger partial charge in [-0.3, -0.25) is 4.79 Å². The van der Waals surface area contributed by atoms with Gasteiger partial charge in [0.15, 0.2) is 0 Å². The van der Waals surface area contributed by atoms with Crippen LogP contribution >= 0.6 is 27.3 Å². The van der Waals surface area contributed by atoms with Gasteiger partial charge in [0.05, 0.1) is 5.92 Å². The van der Waals surface area contributed by atoms with Gasteiger partial charge in [-0.1, -0.05) is 0 Å². The summed E-state index contributed by atoms with van der Waals surface area (Å²) in [6.45, 7) is 5.26. The average Bonchev–Trinajstić information content (AvgIpc) is 2.95. The highest BCUT2D eigenvalue weighted by Gasteiger charge is 2.37. The molecule has 0 spiro atoms. The Labute approximate surface area is 148 Å². The minimum Gasteiger partial charge on any atom is -0.355 e. The van der Waals surface area contributed by atoms with Crippen molar-refractivity contribution in [1.82, 2.24) is 9.88 Å². The van der Waals surface area contributed by atoms with Gasteiger partial charge >= 0.3 is 0 Å². The number of aromatic nitrogens is 1. The fourth-order valence-corrected chi connectivity index (χ4v) is 4.70. The summed E-state index contributed by atoms with van der Waals surface area (Å²) in [5, 5.41) is 2.13. The molecule has 0 N–H and O–H groups in total. The van der Waals surface area contributed by atoms with Crippen molar-refractivity contribution in [2.75, 3.05) is 24.5 Å². The van der Waals surface area contributed by atoms with Crippen LogP contribution in [0.3, 0.4) is 0 Å². The Morgan fingerprint density at radius 3 is 3.04 bits per heavy atom. The first-order valence-electron chi connectivity index (χ1n) is 7.83. The second kappa shape index (κ2) is 5.91.